The summed E-state index contributed by atoms with van der Waals surface area (Å²) in [6.07, 6.45) is 0.799. The molecule has 0 saturated carbocycles. The molecule has 0 saturated heterocycles. The number of guanidine groups is 1. The number of hydrogen-bond acceptors (Lipinski definition) is 3. The molecule has 7 heteroatoms. The summed E-state index contributed by atoms with van der Waals surface area (Å²) < 4.78 is 18.1. The Balaban J connectivity index is 1.73. The summed E-state index contributed by atoms with van der Waals surface area (Å²) in [5.74, 6) is 0.535. The van der Waals surface area contributed by atoms with Crippen molar-refractivity contribution in [2.45, 2.75) is 13.0 Å². The van der Waals surface area contributed by atoms with Crippen LogP contribution in [0.25, 0.3) is 0 Å². The van der Waals surface area contributed by atoms with Gasteiger partial charge in [-0.15, -0.1) is 0 Å². The number of nitrogens with two attached hydrogens (primary N) is 1. The van der Waals surface area contributed by atoms with Gasteiger partial charge >= 0.3 is 0 Å². The lowest BCUT2D eigenvalue weighted by Gasteiger charge is -2.12. The van der Waals surface area contributed by atoms with Crippen LogP contribution in [0.1, 0.15) is 11.1 Å². The third kappa shape index (κ3) is 6.80. The van der Waals surface area contributed by atoms with Gasteiger partial charge in [0.1, 0.15) is 11.6 Å². The van der Waals surface area contributed by atoms with Crippen LogP contribution in [0, 0.1) is 5.82 Å². The number of ether oxygens (including phenoxy) is 1. The topological polar surface area (TPSA) is 88.7 Å². The van der Waals surface area contributed by atoms with Crippen molar-refractivity contribution < 1.29 is 13.9 Å². The Kier molecular flexibility index (Phi) is 7.42. The molecule has 0 atom stereocenters. The number of carbonyl (C=O) groups is 1. The van der Waals surface area contributed by atoms with Crippen LogP contribution < -0.4 is 21.1 Å². The Morgan fingerprint density at radius 2 is 1.73 bits per heavy atom. The number of nitrogens with zero attached hydrogens (tertiary/aromatic N) is 1. The largest absolute Gasteiger partial charge is 0.484 e. The predicted molar refractivity (Wildman–Crippen MR) is 99.4 cm³/mol. The van der Waals surface area contributed by atoms with Gasteiger partial charge in [0.2, 0.25) is 0 Å². The van der Waals surface area contributed by atoms with Gasteiger partial charge in [0.15, 0.2) is 12.6 Å². The van der Waals surface area contributed by atoms with Crippen molar-refractivity contribution in [2.24, 2.45) is 10.7 Å². The summed E-state index contributed by atoms with van der Waals surface area (Å²) in [6.45, 7) is 1.13. The van der Waals surface area contributed by atoms with Crippen LogP contribution in [0.15, 0.2) is 53.5 Å². The van der Waals surface area contributed by atoms with Crippen molar-refractivity contribution in [3.05, 3.63) is 65.5 Å². The number of aliphatic imine (C=N–C) groups is 1. The van der Waals surface area contributed by atoms with Gasteiger partial charge in [0, 0.05) is 20.1 Å². The highest BCUT2D eigenvalue weighted by Crippen LogP contribution is 2.12. The zero-order valence-corrected chi connectivity index (χ0v) is 14.7. The van der Waals surface area contributed by atoms with Gasteiger partial charge in [-0.1, -0.05) is 24.3 Å². The quantitative estimate of drug-likeness (QED) is 0.494. The fourth-order valence-electron chi connectivity index (χ4n) is 2.24. The molecule has 2 rings (SSSR count). The summed E-state index contributed by atoms with van der Waals surface area (Å²) in [4.78, 5) is 14.9. The minimum atomic E-state index is -0.502. The average Bonchev–Trinajstić information content (AvgIpc) is 2.65. The lowest BCUT2D eigenvalue weighted by molar-refractivity contribution is -0.119. The Morgan fingerprint density at radius 3 is 2.35 bits per heavy atom. The van der Waals surface area contributed by atoms with Crippen LogP contribution in [-0.2, 0) is 17.8 Å². The maximum Gasteiger partial charge on any atom is 0.255 e. The van der Waals surface area contributed by atoms with Crippen molar-refractivity contribution in [3.8, 4) is 5.75 Å². The number of amides is 1. The van der Waals surface area contributed by atoms with Crippen LogP contribution >= 0.6 is 0 Å². The van der Waals surface area contributed by atoms with Crippen LogP contribution in [-0.4, -0.2) is 32.1 Å². The zero-order valence-electron chi connectivity index (χ0n) is 14.7. The van der Waals surface area contributed by atoms with E-state index in [1.807, 2.05) is 12.1 Å². The number of primary amides is 1. The number of benzene rings is 2. The molecule has 26 heavy (non-hydrogen) atoms. The van der Waals surface area contributed by atoms with Crippen molar-refractivity contribution >= 4 is 11.9 Å². The summed E-state index contributed by atoms with van der Waals surface area (Å²) >= 11 is 0. The highest BCUT2D eigenvalue weighted by molar-refractivity contribution is 5.79. The lowest BCUT2D eigenvalue weighted by Crippen LogP contribution is -2.37. The number of hydrogen-bond donors (Lipinski definition) is 3. The molecule has 4 N–H and O–H groups in total. The van der Waals surface area contributed by atoms with Gasteiger partial charge < -0.3 is 21.1 Å². The lowest BCUT2D eigenvalue weighted by atomic mass is 10.1. The fourth-order valence-corrected chi connectivity index (χ4v) is 2.24. The number of halogens is 1. The molecule has 0 aliphatic carbocycles. The molecular formula is C19H23FN4O2. The van der Waals surface area contributed by atoms with Gasteiger partial charge in [-0.3, -0.25) is 9.79 Å². The van der Waals surface area contributed by atoms with Crippen LogP contribution in [0.5, 0.6) is 5.75 Å². The van der Waals surface area contributed by atoms with E-state index in [4.69, 9.17) is 10.5 Å². The highest BCUT2D eigenvalue weighted by atomic mass is 19.1. The first-order chi connectivity index (χ1) is 12.6. The molecule has 0 heterocycles. The molecule has 2 aromatic carbocycles. The molecule has 0 radical (unpaired) electrons. The molecule has 0 aliphatic heterocycles. The molecule has 0 spiro atoms. The first-order valence-corrected chi connectivity index (χ1v) is 8.26. The van der Waals surface area contributed by atoms with Gasteiger partial charge in [-0.2, -0.15) is 0 Å². The second kappa shape index (κ2) is 10.0. The third-order valence-electron chi connectivity index (χ3n) is 3.61. The first-order valence-electron chi connectivity index (χ1n) is 8.26. The van der Waals surface area contributed by atoms with Crippen molar-refractivity contribution in [1.82, 2.24) is 10.6 Å². The monoisotopic (exact) mass is 358 g/mol. The first kappa shape index (κ1) is 19.2. The summed E-state index contributed by atoms with van der Waals surface area (Å²) in [7, 11) is 1.70. The van der Waals surface area contributed by atoms with Crippen LogP contribution in [0.2, 0.25) is 0 Å². The molecule has 138 valence electrons. The van der Waals surface area contributed by atoms with Gasteiger partial charge in [0.05, 0.1) is 0 Å². The van der Waals surface area contributed by atoms with E-state index in [0.717, 1.165) is 17.5 Å². The zero-order chi connectivity index (χ0) is 18.8. The van der Waals surface area contributed by atoms with Gasteiger partial charge in [-0.05, 0) is 41.8 Å². The summed E-state index contributed by atoms with van der Waals surface area (Å²) in [5, 5.41) is 6.41. The molecule has 0 aromatic heterocycles. The minimum absolute atomic E-state index is 0.128. The van der Waals surface area contributed by atoms with E-state index >= 15 is 0 Å². The van der Waals surface area contributed by atoms with Gasteiger partial charge in [-0.25, -0.2) is 4.39 Å². The highest BCUT2D eigenvalue weighted by Gasteiger charge is 2.01. The fraction of sp³-hybridized carbons (Fsp3) is 0.263. The van der Waals surface area contributed by atoms with E-state index in [2.05, 4.69) is 15.6 Å². The van der Waals surface area contributed by atoms with E-state index in [-0.39, 0.29) is 12.4 Å². The molecule has 0 unspecified atom stereocenters. The molecular weight excluding hydrogens is 335 g/mol. The second-order valence-corrected chi connectivity index (χ2v) is 5.63. The molecule has 0 fully saturated rings. The molecule has 0 aliphatic rings. The molecule has 2 aromatic rings. The van der Waals surface area contributed by atoms with Crippen LogP contribution in [0.3, 0.4) is 0 Å². The number of carbonyl (C=O) groups excluding carboxylic acids is 1. The average molecular weight is 358 g/mol. The van der Waals surface area contributed by atoms with Crippen molar-refractivity contribution in [2.75, 3.05) is 20.2 Å². The Labute approximate surface area is 152 Å². The van der Waals surface area contributed by atoms with Crippen molar-refractivity contribution in [3.63, 3.8) is 0 Å². The molecule has 6 nitrogen and oxygen atoms in total. The predicted octanol–water partition coefficient (Wildman–Crippen LogP) is 1.60. The molecule has 1 amide bonds. The van der Waals surface area contributed by atoms with E-state index in [1.54, 1.807) is 31.3 Å². The maximum absolute atomic E-state index is 12.9. The van der Waals surface area contributed by atoms with E-state index in [9.17, 15) is 9.18 Å². The van der Waals surface area contributed by atoms with Crippen LogP contribution in [0.4, 0.5) is 4.39 Å². The van der Waals surface area contributed by atoms with Gasteiger partial charge in [0.25, 0.3) is 5.91 Å². The standard InChI is InChI=1S/C19H23FN4O2/c1-22-19(24-12-15-2-6-16(20)7-3-15)23-11-10-14-4-8-17(9-5-14)26-13-18(21)25/h2-9H,10-13H2,1H3,(H2,21,25)(H2,22,23,24). The third-order valence-corrected chi connectivity index (χ3v) is 3.61. The SMILES string of the molecule is CN=C(NCCc1ccc(OCC(N)=O)cc1)NCc1ccc(F)cc1. The van der Waals surface area contributed by atoms with Crippen molar-refractivity contribution in [1.29, 1.82) is 0 Å². The normalized spacial score (nSPS) is 11.1. The minimum Gasteiger partial charge on any atom is -0.484 e. The van der Waals surface area contributed by atoms with E-state index in [0.29, 0.717) is 24.8 Å². The number of rotatable bonds is 8. The van der Waals surface area contributed by atoms with E-state index in [1.165, 1.54) is 12.1 Å². The Morgan fingerprint density at radius 1 is 1.08 bits per heavy atom. The summed E-state index contributed by atoms with van der Waals surface area (Å²) in [6, 6.07) is 13.8. The number of nitrogens with one attached hydrogen (secondary N) is 2. The second-order valence-electron chi connectivity index (χ2n) is 5.63. The summed E-state index contributed by atoms with van der Waals surface area (Å²) in [5.41, 5.74) is 7.14. The maximum atomic E-state index is 12.9. The smallest absolute Gasteiger partial charge is 0.255 e. The Hall–Kier alpha value is -3.09. The Bertz CT molecular complexity index is 730. The van der Waals surface area contributed by atoms with E-state index < -0.39 is 5.91 Å². The molecule has 0 bridgehead atoms.